The zero-order chi connectivity index (χ0) is 14.8. The molecule has 0 unspecified atom stereocenters. The third kappa shape index (κ3) is 3.11. The lowest BCUT2D eigenvalue weighted by Gasteiger charge is -2.08. The van der Waals surface area contributed by atoms with Gasteiger partial charge >= 0.3 is 0 Å². The number of benzene rings is 1. The van der Waals surface area contributed by atoms with Gasteiger partial charge < -0.3 is 0 Å². The molecule has 1 aromatic heterocycles. The van der Waals surface area contributed by atoms with E-state index in [0.717, 1.165) is 24.1 Å². The first-order valence-electron chi connectivity index (χ1n) is 5.85. The summed E-state index contributed by atoms with van der Waals surface area (Å²) in [5.74, 6) is -2.19. The summed E-state index contributed by atoms with van der Waals surface area (Å²) < 4.78 is 52.2. The van der Waals surface area contributed by atoms with Gasteiger partial charge in [0.1, 0.15) is 5.82 Å². The van der Waals surface area contributed by atoms with E-state index in [9.17, 15) is 17.2 Å². The second kappa shape index (κ2) is 5.54. The highest BCUT2D eigenvalue weighted by molar-refractivity contribution is 7.92. The normalized spacial score (nSPS) is 11.3. The largest absolute Gasteiger partial charge is 0.263 e. The first-order chi connectivity index (χ1) is 9.42. The van der Waals surface area contributed by atoms with Gasteiger partial charge in [-0.05, 0) is 42.3 Å². The molecule has 4 nitrogen and oxygen atoms in total. The minimum atomic E-state index is -4.00. The quantitative estimate of drug-likeness (QED) is 0.944. The molecular weight excluding hydrogens is 286 g/mol. The van der Waals surface area contributed by atoms with Gasteiger partial charge in [0.05, 0.1) is 4.90 Å². The van der Waals surface area contributed by atoms with E-state index < -0.39 is 21.7 Å². The Morgan fingerprint density at radius 2 is 1.90 bits per heavy atom. The number of halogens is 2. The molecule has 0 saturated heterocycles. The summed E-state index contributed by atoms with van der Waals surface area (Å²) in [5.41, 5.74) is 0.906. The molecule has 0 saturated carbocycles. The molecule has 0 spiro atoms. The molecule has 106 valence electrons. The van der Waals surface area contributed by atoms with E-state index in [2.05, 4.69) is 9.71 Å². The van der Waals surface area contributed by atoms with Gasteiger partial charge in [-0.25, -0.2) is 22.2 Å². The molecule has 0 aliphatic heterocycles. The standard InChI is InChI=1S/C13H12F2N2O2S/c1-2-9-5-6-16-13(7-9)17-20(18,19)10-3-4-11(14)12(15)8-10/h3-8H,2H2,1H3,(H,16,17). The molecule has 1 N–H and O–H groups in total. The Labute approximate surface area is 115 Å². The van der Waals surface area contributed by atoms with Crippen LogP contribution in [0.25, 0.3) is 0 Å². The van der Waals surface area contributed by atoms with Gasteiger partial charge in [-0.15, -0.1) is 0 Å². The monoisotopic (exact) mass is 298 g/mol. The number of nitrogens with zero attached hydrogens (tertiary/aromatic N) is 1. The lowest BCUT2D eigenvalue weighted by molar-refractivity contribution is 0.504. The fourth-order valence-electron chi connectivity index (χ4n) is 1.59. The van der Waals surface area contributed by atoms with E-state index in [4.69, 9.17) is 0 Å². The van der Waals surface area contributed by atoms with Crippen molar-refractivity contribution in [2.45, 2.75) is 18.2 Å². The summed E-state index contributed by atoms with van der Waals surface area (Å²) in [6.45, 7) is 1.92. The molecule has 0 aliphatic rings. The summed E-state index contributed by atoms with van der Waals surface area (Å²) >= 11 is 0. The van der Waals surface area contributed by atoms with E-state index in [1.54, 1.807) is 12.1 Å². The number of pyridine rings is 1. The average molecular weight is 298 g/mol. The van der Waals surface area contributed by atoms with Crippen LogP contribution in [0.1, 0.15) is 12.5 Å². The number of sulfonamides is 1. The lowest BCUT2D eigenvalue weighted by Crippen LogP contribution is -2.14. The minimum Gasteiger partial charge on any atom is -0.263 e. The molecule has 1 heterocycles. The van der Waals surface area contributed by atoms with Crippen LogP contribution in [-0.4, -0.2) is 13.4 Å². The van der Waals surface area contributed by atoms with Crippen LogP contribution in [0.4, 0.5) is 14.6 Å². The topological polar surface area (TPSA) is 59.1 Å². The number of aryl methyl sites for hydroxylation is 1. The van der Waals surface area contributed by atoms with Crippen LogP contribution < -0.4 is 4.72 Å². The van der Waals surface area contributed by atoms with Crippen molar-refractivity contribution < 1.29 is 17.2 Å². The van der Waals surface area contributed by atoms with Crippen LogP contribution in [0, 0.1) is 11.6 Å². The Kier molecular flexibility index (Phi) is 3.99. The molecule has 0 fully saturated rings. The van der Waals surface area contributed by atoms with Gasteiger partial charge in [-0.3, -0.25) is 4.72 Å². The molecule has 0 radical (unpaired) electrons. The van der Waals surface area contributed by atoms with E-state index in [1.807, 2.05) is 6.92 Å². The predicted molar refractivity (Wildman–Crippen MR) is 70.8 cm³/mol. The second-order valence-corrected chi connectivity index (χ2v) is 5.77. The Morgan fingerprint density at radius 3 is 2.55 bits per heavy atom. The number of aromatic nitrogens is 1. The van der Waals surface area contributed by atoms with E-state index in [1.165, 1.54) is 6.20 Å². The molecule has 20 heavy (non-hydrogen) atoms. The molecule has 7 heteroatoms. The first kappa shape index (κ1) is 14.4. The highest BCUT2D eigenvalue weighted by Crippen LogP contribution is 2.17. The van der Waals surface area contributed by atoms with E-state index in [-0.39, 0.29) is 10.7 Å². The molecule has 2 rings (SSSR count). The van der Waals surface area contributed by atoms with Crippen molar-refractivity contribution in [1.29, 1.82) is 0 Å². The van der Waals surface area contributed by atoms with Gasteiger partial charge in [0, 0.05) is 6.20 Å². The van der Waals surface area contributed by atoms with Gasteiger partial charge in [0.2, 0.25) is 0 Å². The lowest BCUT2D eigenvalue weighted by atomic mass is 10.2. The van der Waals surface area contributed by atoms with Crippen molar-refractivity contribution in [2.24, 2.45) is 0 Å². The smallest absolute Gasteiger partial charge is 0.263 e. The van der Waals surface area contributed by atoms with Crippen LogP contribution >= 0.6 is 0 Å². The Bertz CT molecular complexity index is 733. The van der Waals surface area contributed by atoms with Crippen molar-refractivity contribution >= 4 is 15.8 Å². The minimum absolute atomic E-state index is 0.133. The van der Waals surface area contributed by atoms with Gasteiger partial charge in [0.25, 0.3) is 10.0 Å². The zero-order valence-electron chi connectivity index (χ0n) is 10.6. The zero-order valence-corrected chi connectivity index (χ0v) is 11.4. The van der Waals surface area contributed by atoms with Crippen molar-refractivity contribution in [3.05, 3.63) is 53.7 Å². The van der Waals surface area contributed by atoms with Crippen molar-refractivity contribution in [1.82, 2.24) is 4.98 Å². The average Bonchev–Trinajstić information content (AvgIpc) is 2.41. The molecule has 2 aromatic rings. The van der Waals surface area contributed by atoms with Gasteiger partial charge in [-0.1, -0.05) is 6.92 Å². The van der Waals surface area contributed by atoms with E-state index in [0.29, 0.717) is 6.07 Å². The molecule has 1 aromatic carbocycles. The van der Waals surface area contributed by atoms with Crippen LogP contribution in [0.15, 0.2) is 41.4 Å². The maximum absolute atomic E-state index is 13.1. The van der Waals surface area contributed by atoms with Crippen LogP contribution in [-0.2, 0) is 16.4 Å². The number of hydrogen-bond acceptors (Lipinski definition) is 3. The Hall–Kier alpha value is -2.02. The molecule has 0 atom stereocenters. The van der Waals surface area contributed by atoms with Crippen LogP contribution in [0.3, 0.4) is 0 Å². The maximum Gasteiger partial charge on any atom is 0.263 e. The predicted octanol–water partition coefficient (Wildman–Crippen LogP) is 2.72. The van der Waals surface area contributed by atoms with Crippen molar-refractivity contribution in [3.8, 4) is 0 Å². The number of anilines is 1. The molecular formula is C13H12F2N2O2S. The number of hydrogen-bond donors (Lipinski definition) is 1. The number of nitrogens with one attached hydrogen (secondary N) is 1. The third-order valence-corrected chi connectivity index (χ3v) is 4.03. The van der Waals surface area contributed by atoms with Crippen LogP contribution in [0.5, 0.6) is 0 Å². The van der Waals surface area contributed by atoms with Gasteiger partial charge in [0.15, 0.2) is 11.6 Å². The highest BCUT2D eigenvalue weighted by atomic mass is 32.2. The first-order valence-corrected chi connectivity index (χ1v) is 7.33. The fraction of sp³-hybridized carbons (Fsp3) is 0.154. The van der Waals surface area contributed by atoms with Crippen molar-refractivity contribution in [3.63, 3.8) is 0 Å². The van der Waals surface area contributed by atoms with Crippen molar-refractivity contribution in [2.75, 3.05) is 4.72 Å². The second-order valence-electron chi connectivity index (χ2n) is 4.08. The summed E-state index contributed by atoms with van der Waals surface area (Å²) in [4.78, 5) is 3.52. The Balaban J connectivity index is 2.32. The Morgan fingerprint density at radius 1 is 1.15 bits per heavy atom. The molecule has 0 bridgehead atoms. The summed E-state index contributed by atoms with van der Waals surface area (Å²) in [5, 5.41) is 0. The summed E-state index contributed by atoms with van der Waals surface area (Å²) in [7, 11) is -4.00. The third-order valence-electron chi connectivity index (χ3n) is 2.67. The highest BCUT2D eigenvalue weighted by Gasteiger charge is 2.17. The van der Waals surface area contributed by atoms with Crippen LogP contribution in [0.2, 0.25) is 0 Å². The maximum atomic E-state index is 13.1. The molecule has 0 amide bonds. The number of rotatable bonds is 4. The fourth-order valence-corrected chi connectivity index (χ4v) is 2.60. The van der Waals surface area contributed by atoms with E-state index >= 15 is 0 Å². The summed E-state index contributed by atoms with van der Waals surface area (Å²) in [6, 6.07) is 5.72. The SMILES string of the molecule is CCc1ccnc(NS(=O)(=O)c2ccc(F)c(F)c2)c1. The molecule has 0 aliphatic carbocycles. The summed E-state index contributed by atoms with van der Waals surface area (Å²) in [6.07, 6.45) is 2.20. The van der Waals surface area contributed by atoms with Gasteiger partial charge in [-0.2, -0.15) is 0 Å².